The molecule has 1 N–H and O–H groups in total. The first-order valence-corrected chi connectivity index (χ1v) is 14.6. The van der Waals surface area contributed by atoms with E-state index in [0.717, 1.165) is 17.5 Å². The Morgan fingerprint density at radius 3 is 2.05 bits per heavy atom. The van der Waals surface area contributed by atoms with Crippen molar-refractivity contribution in [2.45, 2.75) is 72.0 Å². The molecule has 0 aliphatic heterocycles. The van der Waals surface area contributed by atoms with Gasteiger partial charge in [0.25, 0.3) is 0 Å². The fourth-order valence-electron chi connectivity index (χ4n) is 4.13. The lowest BCUT2D eigenvalue weighted by atomic mass is 10.1. The van der Waals surface area contributed by atoms with Crippen molar-refractivity contribution in [3.05, 3.63) is 59.7 Å². The van der Waals surface area contributed by atoms with Gasteiger partial charge in [-0.05, 0) is 68.5 Å². The van der Waals surface area contributed by atoms with Crippen molar-refractivity contribution in [3.8, 4) is 5.75 Å². The maximum absolute atomic E-state index is 13.5. The third-order valence-electron chi connectivity index (χ3n) is 6.11. The van der Waals surface area contributed by atoms with Gasteiger partial charge in [-0.3, -0.25) is 13.9 Å². The molecule has 2 amide bonds. The number of carbonyl (C=O) groups excluding carboxylic acids is 2. The van der Waals surface area contributed by atoms with Gasteiger partial charge < -0.3 is 15.0 Å². The zero-order valence-electron chi connectivity index (χ0n) is 22.9. The van der Waals surface area contributed by atoms with E-state index in [1.54, 1.807) is 24.1 Å². The van der Waals surface area contributed by atoms with Gasteiger partial charge in [0, 0.05) is 25.6 Å². The second-order valence-electron chi connectivity index (χ2n) is 9.42. The van der Waals surface area contributed by atoms with Gasteiger partial charge in [-0.1, -0.05) is 38.1 Å². The Balaban J connectivity index is 2.21. The van der Waals surface area contributed by atoms with E-state index in [0.29, 0.717) is 24.3 Å². The molecule has 8 nitrogen and oxygen atoms in total. The maximum atomic E-state index is 13.5. The molecule has 0 saturated heterocycles. The van der Waals surface area contributed by atoms with Crippen molar-refractivity contribution < 1.29 is 22.7 Å². The van der Waals surface area contributed by atoms with E-state index in [1.807, 2.05) is 64.1 Å². The molecule has 0 aromatic heterocycles. The van der Waals surface area contributed by atoms with Gasteiger partial charge in [-0.2, -0.15) is 0 Å². The van der Waals surface area contributed by atoms with Crippen LogP contribution in [0.3, 0.4) is 0 Å². The zero-order chi connectivity index (χ0) is 27.6. The van der Waals surface area contributed by atoms with Gasteiger partial charge in [-0.15, -0.1) is 0 Å². The van der Waals surface area contributed by atoms with Crippen molar-refractivity contribution in [3.63, 3.8) is 0 Å². The number of ether oxygens (including phenoxy) is 1. The standard InChI is InChI=1S/C28H41N3O5S/c1-7-22-11-15-24(16-12-22)31(37(6,34)35)19-9-10-27(32)30(26(8-2)28(33)29-21(3)4)20-23-13-17-25(36-5)18-14-23/h11-18,21,26H,7-10,19-20H2,1-6H3,(H,29,33)/t26-/m0/s1. The van der Waals surface area contributed by atoms with Crippen LogP contribution in [0.4, 0.5) is 5.69 Å². The fourth-order valence-corrected chi connectivity index (χ4v) is 5.10. The lowest BCUT2D eigenvalue weighted by Gasteiger charge is -2.31. The van der Waals surface area contributed by atoms with Crippen molar-refractivity contribution in [1.82, 2.24) is 10.2 Å². The predicted octanol–water partition coefficient (Wildman–Crippen LogP) is 4.14. The van der Waals surface area contributed by atoms with Gasteiger partial charge in [0.1, 0.15) is 11.8 Å². The highest BCUT2D eigenvalue weighted by atomic mass is 32.2. The molecule has 0 heterocycles. The number of rotatable bonds is 14. The molecule has 2 aromatic carbocycles. The van der Waals surface area contributed by atoms with Gasteiger partial charge in [0.15, 0.2) is 0 Å². The van der Waals surface area contributed by atoms with E-state index in [2.05, 4.69) is 5.32 Å². The minimum atomic E-state index is -3.53. The monoisotopic (exact) mass is 531 g/mol. The molecule has 0 saturated carbocycles. The summed E-state index contributed by atoms with van der Waals surface area (Å²) in [5, 5.41) is 2.92. The molecule has 9 heteroatoms. The van der Waals surface area contributed by atoms with Gasteiger partial charge >= 0.3 is 0 Å². The van der Waals surface area contributed by atoms with Crippen molar-refractivity contribution >= 4 is 27.5 Å². The summed E-state index contributed by atoms with van der Waals surface area (Å²) in [5.41, 5.74) is 2.57. The third-order valence-corrected chi connectivity index (χ3v) is 7.31. The van der Waals surface area contributed by atoms with Crippen LogP contribution < -0.4 is 14.4 Å². The van der Waals surface area contributed by atoms with Crippen LogP contribution in [0.5, 0.6) is 5.75 Å². The largest absolute Gasteiger partial charge is 0.497 e. The minimum Gasteiger partial charge on any atom is -0.497 e. The summed E-state index contributed by atoms with van der Waals surface area (Å²) in [4.78, 5) is 28.0. The third kappa shape index (κ3) is 9.07. The first-order valence-electron chi connectivity index (χ1n) is 12.8. The van der Waals surface area contributed by atoms with E-state index in [-0.39, 0.29) is 37.4 Å². The number of methoxy groups -OCH3 is 1. The summed E-state index contributed by atoms with van der Waals surface area (Å²) in [7, 11) is -1.94. The highest BCUT2D eigenvalue weighted by Crippen LogP contribution is 2.21. The van der Waals surface area contributed by atoms with E-state index >= 15 is 0 Å². The number of carbonyl (C=O) groups is 2. The first-order chi connectivity index (χ1) is 17.5. The van der Waals surface area contributed by atoms with E-state index in [9.17, 15) is 18.0 Å². The molecular formula is C28H41N3O5S. The molecule has 37 heavy (non-hydrogen) atoms. The van der Waals surface area contributed by atoms with E-state index in [4.69, 9.17) is 4.74 Å². The predicted molar refractivity (Wildman–Crippen MR) is 148 cm³/mol. The first kappa shape index (κ1) is 30.2. The summed E-state index contributed by atoms with van der Waals surface area (Å²) in [6.07, 6.45) is 2.92. The van der Waals surface area contributed by atoms with E-state index < -0.39 is 16.1 Å². The molecule has 2 aromatic rings. The van der Waals surface area contributed by atoms with Crippen LogP contribution in [-0.4, -0.2) is 57.1 Å². The van der Waals surface area contributed by atoms with Crippen LogP contribution in [0, 0.1) is 0 Å². The summed E-state index contributed by atoms with van der Waals surface area (Å²) < 4.78 is 31.6. The SMILES string of the molecule is CCc1ccc(N(CCCC(=O)N(Cc2ccc(OC)cc2)[C@@H](CC)C(=O)NC(C)C)S(C)(=O)=O)cc1. The highest BCUT2D eigenvalue weighted by molar-refractivity contribution is 7.92. The van der Waals surface area contributed by atoms with Gasteiger partial charge in [0.05, 0.1) is 19.1 Å². The Bertz CT molecular complexity index is 1120. The van der Waals surface area contributed by atoms with Crippen LogP contribution in [0.25, 0.3) is 0 Å². The lowest BCUT2D eigenvalue weighted by molar-refractivity contribution is -0.141. The maximum Gasteiger partial charge on any atom is 0.243 e. The average Bonchev–Trinajstić information content (AvgIpc) is 2.85. The second-order valence-corrected chi connectivity index (χ2v) is 11.3. The molecular weight excluding hydrogens is 490 g/mol. The fraction of sp³-hybridized carbons (Fsp3) is 0.500. The summed E-state index contributed by atoms with van der Waals surface area (Å²) >= 11 is 0. The zero-order valence-corrected chi connectivity index (χ0v) is 23.7. The summed E-state index contributed by atoms with van der Waals surface area (Å²) in [5.74, 6) is 0.309. The Labute approximate surface area is 222 Å². The summed E-state index contributed by atoms with van der Waals surface area (Å²) in [6, 6.07) is 14.1. The number of hydrogen-bond acceptors (Lipinski definition) is 5. The molecule has 0 bridgehead atoms. The number of anilines is 1. The number of amides is 2. The van der Waals surface area contributed by atoms with Crippen molar-refractivity contribution in [1.29, 1.82) is 0 Å². The molecule has 0 radical (unpaired) electrons. The Hall–Kier alpha value is -3.07. The molecule has 204 valence electrons. The lowest BCUT2D eigenvalue weighted by Crippen LogP contribution is -2.50. The van der Waals surface area contributed by atoms with Gasteiger partial charge in [0.2, 0.25) is 21.8 Å². The number of nitrogens with zero attached hydrogens (tertiary/aromatic N) is 2. The topological polar surface area (TPSA) is 96.0 Å². The number of aryl methyl sites for hydroxylation is 1. The summed E-state index contributed by atoms with van der Waals surface area (Å²) in [6.45, 7) is 8.12. The van der Waals surface area contributed by atoms with E-state index in [1.165, 1.54) is 10.6 Å². The molecule has 0 aliphatic carbocycles. The molecule has 1 atom stereocenters. The Morgan fingerprint density at radius 1 is 0.973 bits per heavy atom. The normalized spacial score (nSPS) is 12.2. The smallest absolute Gasteiger partial charge is 0.243 e. The highest BCUT2D eigenvalue weighted by Gasteiger charge is 2.29. The minimum absolute atomic E-state index is 0.0538. The number of nitrogens with one attached hydrogen (secondary N) is 1. The van der Waals surface area contributed by atoms with Crippen LogP contribution in [0.15, 0.2) is 48.5 Å². The second kappa shape index (κ2) is 14.0. The molecule has 0 unspecified atom stereocenters. The number of hydrogen-bond donors (Lipinski definition) is 1. The molecule has 0 fully saturated rings. The molecule has 0 spiro atoms. The molecule has 0 aliphatic rings. The average molecular weight is 532 g/mol. The van der Waals surface area contributed by atoms with Crippen LogP contribution in [0.1, 0.15) is 58.1 Å². The van der Waals surface area contributed by atoms with Crippen LogP contribution in [-0.2, 0) is 32.6 Å². The number of sulfonamides is 1. The van der Waals surface area contributed by atoms with Crippen LogP contribution in [0.2, 0.25) is 0 Å². The van der Waals surface area contributed by atoms with Crippen LogP contribution >= 0.6 is 0 Å². The van der Waals surface area contributed by atoms with Crippen molar-refractivity contribution in [2.24, 2.45) is 0 Å². The number of benzene rings is 2. The van der Waals surface area contributed by atoms with Gasteiger partial charge in [-0.25, -0.2) is 8.42 Å². The molecule has 2 rings (SSSR count). The Kier molecular flexibility index (Phi) is 11.4. The Morgan fingerprint density at radius 2 is 1.57 bits per heavy atom. The quantitative estimate of drug-likeness (QED) is 0.395. The van der Waals surface area contributed by atoms with Crippen molar-refractivity contribution in [2.75, 3.05) is 24.2 Å².